The van der Waals surface area contributed by atoms with Crippen LogP contribution >= 0.6 is 11.6 Å². The van der Waals surface area contributed by atoms with Crippen molar-refractivity contribution in [1.82, 2.24) is 15.2 Å². The molecular formula is C22H24ClN3O2. The maximum atomic E-state index is 12.9. The van der Waals surface area contributed by atoms with E-state index in [9.17, 15) is 4.79 Å². The predicted molar refractivity (Wildman–Crippen MR) is 111 cm³/mol. The molecule has 3 aromatic rings. The fourth-order valence-corrected chi connectivity index (χ4v) is 4.26. The van der Waals surface area contributed by atoms with Gasteiger partial charge in [-0.15, -0.1) is 0 Å². The normalized spacial score (nSPS) is 16.1. The van der Waals surface area contributed by atoms with E-state index >= 15 is 0 Å². The van der Waals surface area contributed by atoms with Crippen LogP contribution in [0.3, 0.4) is 0 Å². The van der Waals surface area contributed by atoms with E-state index in [1.54, 1.807) is 0 Å². The van der Waals surface area contributed by atoms with Crippen LogP contribution in [0, 0.1) is 5.41 Å². The Bertz CT molecular complexity index is 961. The number of fused-ring (bicyclic) bond motifs is 1. The molecule has 2 heterocycles. The third kappa shape index (κ3) is 3.78. The molecule has 0 aliphatic carbocycles. The van der Waals surface area contributed by atoms with Gasteiger partial charge in [-0.25, -0.2) is 0 Å². The minimum atomic E-state index is -0.477. The highest BCUT2D eigenvalue weighted by Crippen LogP contribution is 2.36. The molecule has 5 nitrogen and oxygen atoms in total. The second-order valence-electron chi connectivity index (χ2n) is 7.56. The summed E-state index contributed by atoms with van der Waals surface area (Å²) in [6, 6.07) is 16.0. The number of hydrogen-bond donors (Lipinski definition) is 3. The van der Waals surface area contributed by atoms with E-state index in [0.717, 1.165) is 17.6 Å². The van der Waals surface area contributed by atoms with E-state index in [1.165, 1.54) is 10.9 Å². The second-order valence-corrected chi connectivity index (χ2v) is 8.00. The molecular weight excluding hydrogens is 374 g/mol. The van der Waals surface area contributed by atoms with Crippen LogP contribution in [0.15, 0.2) is 54.7 Å². The van der Waals surface area contributed by atoms with Crippen LogP contribution in [0.4, 0.5) is 0 Å². The number of aromatic amines is 1. The summed E-state index contributed by atoms with van der Waals surface area (Å²) in [6.07, 6.45) is 2.61. The molecule has 0 atom stereocenters. The Labute approximate surface area is 169 Å². The number of nitrogens with one attached hydrogen (secondary N) is 2. The molecule has 1 aromatic heterocycles. The van der Waals surface area contributed by atoms with E-state index in [1.807, 2.05) is 30.5 Å². The molecule has 0 saturated carbocycles. The summed E-state index contributed by atoms with van der Waals surface area (Å²) in [5.41, 5.74) is 3.01. The summed E-state index contributed by atoms with van der Waals surface area (Å²) >= 11 is 6.00. The van der Waals surface area contributed by atoms with Gasteiger partial charge in [-0.1, -0.05) is 35.9 Å². The number of amides is 1. The highest BCUT2D eigenvalue weighted by atomic mass is 35.5. The first kappa shape index (κ1) is 19.0. The molecule has 1 aliphatic rings. The number of benzene rings is 2. The summed E-state index contributed by atoms with van der Waals surface area (Å²) < 4.78 is 0. The van der Waals surface area contributed by atoms with Crippen LogP contribution in [0.1, 0.15) is 11.1 Å². The van der Waals surface area contributed by atoms with Gasteiger partial charge in [0, 0.05) is 48.3 Å². The SMILES string of the molecule is O=C(NCCO)C1(Cc2ccc(Cl)cc2)CN(Cc2cccc3[nH]ccc23)C1. The molecule has 2 aromatic carbocycles. The van der Waals surface area contributed by atoms with Gasteiger partial charge in [-0.05, 0) is 41.8 Å². The minimum absolute atomic E-state index is 0.00704. The van der Waals surface area contributed by atoms with Crippen LogP contribution in [0.2, 0.25) is 5.02 Å². The number of aromatic nitrogens is 1. The molecule has 3 N–H and O–H groups in total. The highest BCUT2D eigenvalue weighted by molar-refractivity contribution is 6.30. The zero-order valence-electron chi connectivity index (χ0n) is 15.6. The van der Waals surface area contributed by atoms with E-state index in [2.05, 4.69) is 39.5 Å². The molecule has 1 saturated heterocycles. The van der Waals surface area contributed by atoms with E-state index in [0.29, 0.717) is 24.5 Å². The van der Waals surface area contributed by atoms with Gasteiger partial charge in [0.25, 0.3) is 0 Å². The third-order valence-electron chi connectivity index (χ3n) is 5.47. The van der Waals surface area contributed by atoms with Gasteiger partial charge >= 0.3 is 0 Å². The molecule has 6 heteroatoms. The molecule has 0 spiro atoms. The smallest absolute Gasteiger partial charge is 0.229 e. The monoisotopic (exact) mass is 397 g/mol. The Kier molecular flexibility index (Phi) is 5.40. The van der Waals surface area contributed by atoms with Gasteiger partial charge in [0.15, 0.2) is 0 Å². The molecule has 1 amide bonds. The van der Waals surface area contributed by atoms with Gasteiger partial charge in [0.2, 0.25) is 5.91 Å². The lowest BCUT2D eigenvalue weighted by molar-refractivity contribution is -0.142. The van der Waals surface area contributed by atoms with Crippen molar-refractivity contribution in [3.05, 3.63) is 70.9 Å². The molecule has 0 bridgehead atoms. The quantitative estimate of drug-likeness (QED) is 0.574. The van der Waals surface area contributed by atoms with Crippen molar-refractivity contribution in [2.75, 3.05) is 26.2 Å². The maximum Gasteiger partial charge on any atom is 0.229 e. The van der Waals surface area contributed by atoms with Crippen molar-refractivity contribution in [2.24, 2.45) is 5.41 Å². The van der Waals surface area contributed by atoms with Crippen LogP contribution in [0.25, 0.3) is 10.9 Å². The summed E-state index contributed by atoms with van der Waals surface area (Å²) in [4.78, 5) is 18.4. The molecule has 146 valence electrons. The average Bonchev–Trinajstić information content (AvgIpc) is 3.15. The first-order valence-electron chi connectivity index (χ1n) is 9.51. The zero-order valence-corrected chi connectivity index (χ0v) is 16.4. The van der Waals surface area contributed by atoms with Crippen molar-refractivity contribution in [2.45, 2.75) is 13.0 Å². The largest absolute Gasteiger partial charge is 0.395 e. The van der Waals surface area contributed by atoms with Crippen molar-refractivity contribution in [3.63, 3.8) is 0 Å². The Morgan fingerprint density at radius 3 is 2.71 bits per heavy atom. The Balaban J connectivity index is 1.49. The summed E-state index contributed by atoms with van der Waals surface area (Å²) in [5.74, 6) is 0.00704. The molecule has 4 rings (SSSR count). The fraction of sp³-hybridized carbons (Fsp3) is 0.318. The molecule has 0 unspecified atom stereocenters. The standard InChI is InChI=1S/C22H24ClN3O2/c23-18-6-4-16(5-7-18)12-22(21(28)25-10-11-27)14-26(15-22)13-17-2-1-3-20-19(17)8-9-24-20/h1-9,24,27H,10-15H2,(H,25,28). The number of likely N-dealkylation sites (tertiary alicyclic amines) is 1. The van der Waals surface area contributed by atoms with Crippen molar-refractivity contribution < 1.29 is 9.90 Å². The van der Waals surface area contributed by atoms with Gasteiger partial charge < -0.3 is 15.4 Å². The van der Waals surface area contributed by atoms with Crippen molar-refractivity contribution >= 4 is 28.4 Å². The van der Waals surface area contributed by atoms with Crippen LogP contribution in [-0.2, 0) is 17.8 Å². The fourth-order valence-electron chi connectivity index (χ4n) is 4.14. The van der Waals surface area contributed by atoms with Crippen molar-refractivity contribution in [1.29, 1.82) is 0 Å². The Hall–Kier alpha value is -2.34. The predicted octanol–water partition coefficient (Wildman–Crippen LogP) is 2.97. The highest BCUT2D eigenvalue weighted by Gasteiger charge is 2.48. The average molecular weight is 398 g/mol. The lowest BCUT2D eigenvalue weighted by Crippen LogP contribution is -2.64. The lowest BCUT2D eigenvalue weighted by atomic mass is 9.73. The number of aliphatic hydroxyl groups is 1. The number of rotatable bonds is 7. The van der Waals surface area contributed by atoms with E-state index in [4.69, 9.17) is 16.7 Å². The first-order valence-corrected chi connectivity index (χ1v) is 9.88. The van der Waals surface area contributed by atoms with E-state index < -0.39 is 5.41 Å². The molecule has 1 fully saturated rings. The number of H-pyrrole nitrogens is 1. The molecule has 28 heavy (non-hydrogen) atoms. The summed E-state index contributed by atoms with van der Waals surface area (Å²) in [5, 5.41) is 13.9. The first-order chi connectivity index (χ1) is 13.6. The van der Waals surface area contributed by atoms with Gasteiger partial charge in [0.05, 0.1) is 12.0 Å². The number of carbonyl (C=O) groups excluding carboxylic acids is 1. The maximum absolute atomic E-state index is 12.9. The van der Waals surface area contributed by atoms with Gasteiger partial charge in [-0.2, -0.15) is 0 Å². The number of halogens is 1. The summed E-state index contributed by atoms with van der Waals surface area (Å²) in [7, 11) is 0. The number of aliphatic hydroxyl groups excluding tert-OH is 1. The number of nitrogens with zero attached hydrogens (tertiary/aromatic N) is 1. The van der Waals surface area contributed by atoms with Gasteiger partial charge in [0.1, 0.15) is 0 Å². The lowest BCUT2D eigenvalue weighted by Gasteiger charge is -2.49. The van der Waals surface area contributed by atoms with Crippen LogP contribution < -0.4 is 5.32 Å². The molecule has 0 radical (unpaired) electrons. The van der Waals surface area contributed by atoms with Gasteiger partial charge in [-0.3, -0.25) is 9.69 Å². The number of hydrogen-bond acceptors (Lipinski definition) is 3. The minimum Gasteiger partial charge on any atom is -0.395 e. The molecule has 1 aliphatic heterocycles. The number of carbonyl (C=O) groups is 1. The topological polar surface area (TPSA) is 68.4 Å². The Morgan fingerprint density at radius 2 is 1.96 bits per heavy atom. The summed E-state index contributed by atoms with van der Waals surface area (Å²) in [6.45, 7) is 2.41. The third-order valence-corrected chi connectivity index (χ3v) is 5.72. The zero-order chi connectivity index (χ0) is 19.6. The van der Waals surface area contributed by atoms with Crippen molar-refractivity contribution in [3.8, 4) is 0 Å². The second kappa shape index (κ2) is 7.95. The van der Waals surface area contributed by atoms with E-state index in [-0.39, 0.29) is 19.1 Å². The van der Waals surface area contributed by atoms with Crippen LogP contribution in [-0.4, -0.2) is 47.1 Å². The Morgan fingerprint density at radius 1 is 1.18 bits per heavy atom. The van der Waals surface area contributed by atoms with Crippen LogP contribution in [0.5, 0.6) is 0 Å².